The minimum atomic E-state index is -0.0483. The fourth-order valence-electron chi connectivity index (χ4n) is 1.70. The van der Waals surface area contributed by atoms with Crippen molar-refractivity contribution in [2.75, 3.05) is 19.6 Å². The molecule has 0 bridgehead atoms. The van der Waals surface area contributed by atoms with Gasteiger partial charge < -0.3 is 10.0 Å². The van der Waals surface area contributed by atoms with E-state index in [0.29, 0.717) is 12.2 Å². The van der Waals surface area contributed by atoms with E-state index in [-0.39, 0.29) is 6.61 Å². The second kappa shape index (κ2) is 6.02. The van der Waals surface area contributed by atoms with E-state index in [1.807, 2.05) is 19.1 Å². The lowest BCUT2D eigenvalue weighted by Crippen LogP contribution is -2.42. The van der Waals surface area contributed by atoms with E-state index in [9.17, 15) is 0 Å². The van der Waals surface area contributed by atoms with Gasteiger partial charge in [0.1, 0.15) is 0 Å². The Bertz CT molecular complexity index is 469. The molecule has 1 aliphatic heterocycles. The number of rotatable bonds is 4. The number of likely N-dealkylation sites (tertiary alicyclic amines) is 1. The topological polar surface area (TPSA) is 48.7 Å². The first kappa shape index (κ1) is 13.1. The minimum absolute atomic E-state index is 0.0483. The standard InChI is InChI=1S/C13H17N3OS/c1-10(12-5-2-4-11(9-17)15-12)14-8-13(18)16-6-3-7-16/h2,4-5,17H,3,6-9H2,1H3. The summed E-state index contributed by atoms with van der Waals surface area (Å²) in [7, 11) is 0. The lowest BCUT2D eigenvalue weighted by atomic mass is 10.2. The molecule has 0 unspecified atom stereocenters. The maximum Gasteiger partial charge on any atom is 0.0997 e. The molecule has 1 N–H and O–H groups in total. The SMILES string of the molecule is CC(=NCC(=S)N1CCC1)c1cccc(CO)n1. The van der Waals surface area contributed by atoms with Crippen molar-refractivity contribution in [1.29, 1.82) is 0 Å². The number of aliphatic hydroxyl groups excluding tert-OH is 1. The molecule has 1 saturated heterocycles. The highest BCUT2D eigenvalue weighted by molar-refractivity contribution is 7.80. The van der Waals surface area contributed by atoms with Crippen molar-refractivity contribution >= 4 is 22.9 Å². The van der Waals surface area contributed by atoms with E-state index < -0.39 is 0 Å². The Morgan fingerprint density at radius 1 is 1.50 bits per heavy atom. The minimum Gasteiger partial charge on any atom is -0.390 e. The molecule has 1 aromatic rings. The van der Waals surface area contributed by atoms with E-state index in [0.717, 1.165) is 29.5 Å². The molecule has 0 aromatic carbocycles. The van der Waals surface area contributed by atoms with Gasteiger partial charge in [-0.1, -0.05) is 18.3 Å². The van der Waals surface area contributed by atoms with Gasteiger partial charge in [0.15, 0.2) is 0 Å². The van der Waals surface area contributed by atoms with Crippen LogP contribution in [0.2, 0.25) is 0 Å². The number of thiocarbonyl (C=S) groups is 1. The van der Waals surface area contributed by atoms with Crippen LogP contribution < -0.4 is 0 Å². The van der Waals surface area contributed by atoms with Gasteiger partial charge >= 0.3 is 0 Å². The lowest BCUT2D eigenvalue weighted by Gasteiger charge is -2.32. The molecule has 0 spiro atoms. The quantitative estimate of drug-likeness (QED) is 0.659. The van der Waals surface area contributed by atoms with Gasteiger partial charge in [-0.3, -0.25) is 4.99 Å². The Balaban J connectivity index is 2.00. The lowest BCUT2D eigenvalue weighted by molar-refractivity contribution is 0.277. The molecule has 0 amide bonds. The number of aliphatic imine (C=N–C) groups is 1. The highest BCUT2D eigenvalue weighted by Crippen LogP contribution is 2.08. The largest absolute Gasteiger partial charge is 0.390 e. The molecule has 5 heteroatoms. The van der Waals surface area contributed by atoms with Crippen molar-refractivity contribution in [3.8, 4) is 0 Å². The van der Waals surface area contributed by atoms with Crippen molar-refractivity contribution in [3.63, 3.8) is 0 Å². The third kappa shape index (κ3) is 3.11. The van der Waals surface area contributed by atoms with Crippen LogP contribution in [0.3, 0.4) is 0 Å². The van der Waals surface area contributed by atoms with E-state index >= 15 is 0 Å². The Kier molecular flexibility index (Phi) is 4.38. The van der Waals surface area contributed by atoms with Gasteiger partial charge in [-0.15, -0.1) is 0 Å². The Morgan fingerprint density at radius 3 is 2.89 bits per heavy atom. The van der Waals surface area contributed by atoms with Crippen LogP contribution in [0.1, 0.15) is 24.7 Å². The van der Waals surface area contributed by atoms with Crippen molar-refractivity contribution in [3.05, 3.63) is 29.6 Å². The second-order valence-electron chi connectivity index (χ2n) is 4.31. The summed E-state index contributed by atoms with van der Waals surface area (Å²) in [5, 5.41) is 9.04. The maximum absolute atomic E-state index is 9.04. The van der Waals surface area contributed by atoms with Gasteiger partial charge in [-0.2, -0.15) is 0 Å². The molecule has 0 aliphatic carbocycles. The first-order valence-electron chi connectivity index (χ1n) is 6.06. The van der Waals surface area contributed by atoms with Crippen LogP contribution in [0, 0.1) is 0 Å². The summed E-state index contributed by atoms with van der Waals surface area (Å²) in [6, 6.07) is 5.56. The zero-order valence-corrected chi connectivity index (χ0v) is 11.3. The van der Waals surface area contributed by atoms with Crippen molar-refractivity contribution in [2.24, 2.45) is 4.99 Å². The van der Waals surface area contributed by atoms with Crippen LogP contribution in [0.5, 0.6) is 0 Å². The molecule has 0 saturated carbocycles. The third-order valence-electron chi connectivity index (χ3n) is 3.00. The fourth-order valence-corrected chi connectivity index (χ4v) is 1.95. The summed E-state index contributed by atoms with van der Waals surface area (Å²) in [5.41, 5.74) is 2.31. The van der Waals surface area contributed by atoms with Crippen molar-refractivity contribution in [1.82, 2.24) is 9.88 Å². The van der Waals surface area contributed by atoms with E-state index in [4.69, 9.17) is 17.3 Å². The molecule has 4 nitrogen and oxygen atoms in total. The highest BCUT2D eigenvalue weighted by atomic mass is 32.1. The molecular weight excluding hydrogens is 246 g/mol. The molecule has 18 heavy (non-hydrogen) atoms. The summed E-state index contributed by atoms with van der Waals surface area (Å²) in [4.78, 5) is 11.8. The van der Waals surface area contributed by atoms with E-state index in [2.05, 4.69) is 14.9 Å². The Hall–Kier alpha value is -1.33. The number of nitrogens with zero attached hydrogens (tertiary/aromatic N) is 3. The van der Waals surface area contributed by atoms with Crippen LogP contribution in [-0.4, -0.2) is 45.3 Å². The smallest absolute Gasteiger partial charge is 0.0997 e. The zero-order valence-electron chi connectivity index (χ0n) is 10.5. The van der Waals surface area contributed by atoms with Crippen LogP contribution in [0.4, 0.5) is 0 Å². The second-order valence-corrected chi connectivity index (χ2v) is 4.78. The average molecular weight is 263 g/mol. The summed E-state index contributed by atoms with van der Waals surface area (Å²) < 4.78 is 0. The molecule has 2 heterocycles. The number of aromatic nitrogens is 1. The summed E-state index contributed by atoms with van der Waals surface area (Å²) in [5.74, 6) is 0. The molecule has 1 aliphatic rings. The van der Waals surface area contributed by atoms with E-state index in [1.165, 1.54) is 6.42 Å². The van der Waals surface area contributed by atoms with E-state index in [1.54, 1.807) is 6.07 Å². The fraction of sp³-hybridized carbons (Fsp3) is 0.462. The van der Waals surface area contributed by atoms with Gasteiger partial charge in [0.05, 0.1) is 35.2 Å². The Morgan fingerprint density at radius 2 is 2.28 bits per heavy atom. The molecule has 1 aromatic heterocycles. The predicted octanol–water partition coefficient (Wildman–Crippen LogP) is 1.42. The number of aliphatic hydroxyl groups is 1. The van der Waals surface area contributed by atoms with Crippen molar-refractivity contribution in [2.45, 2.75) is 20.0 Å². The normalized spacial score (nSPS) is 15.4. The first-order valence-corrected chi connectivity index (χ1v) is 6.47. The maximum atomic E-state index is 9.04. The van der Waals surface area contributed by atoms with Gasteiger partial charge in [0.2, 0.25) is 0 Å². The zero-order chi connectivity index (χ0) is 13.0. The van der Waals surface area contributed by atoms with Crippen LogP contribution >= 0.6 is 12.2 Å². The first-order chi connectivity index (χ1) is 8.70. The number of hydrogen-bond acceptors (Lipinski definition) is 4. The average Bonchev–Trinajstić information content (AvgIpc) is 2.34. The predicted molar refractivity (Wildman–Crippen MR) is 76.0 cm³/mol. The summed E-state index contributed by atoms with van der Waals surface area (Å²) >= 11 is 5.30. The number of hydrogen-bond donors (Lipinski definition) is 1. The van der Waals surface area contributed by atoms with Crippen LogP contribution in [0.25, 0.3) is 0 Å². The molecule has 0 atom stereocenters. The molecule has 1 fully saturated rings. The van der Waals surface area contributed by atoms with Crippen molar-refractivity contribution < 1.29 is 5.11 Å². The third-order valence-corrected chi connectivity index (χ3v) is 3.39. The van der Waals surface area contributed by atoms with Gasteiger partial charge in [-0.05, 0) is 25.5 Å². The molecular formula is C13H17N3OS. The Labute approximate surface area is 112 Å². The molecule has 96 valence electrons. The van der Waals surface area contributed by atoms with Gasteiger partial charge in [0.25, 0.3) is 0 Å². The molecule has 2 rings (SSSR count). The van der Waals surface area contributed by atoms with Gasteiger partial charge in [0, 0.05) is 13.1 Å². The number of pyridine rings is 1. The van der Waals surface area contributed by atoms with Crippen LogP contribution in [0.15, 0.2) is 23.2 Å². The highest BCUT2D eigenvalue weighted by Gasteiger charge is 2.16. The monoisotopic (exact) mass is 263 g/mol. The molecule has 0 radical (unpaired) electrons. The van der Waals surface area contributed by atoms with Crippen LogP contribution in [-0.2, 0) is 6.61 Å². The van der Waals surface area contributed by atoms with Gasteiger partial charge in [-0.25, -0.2) is 4.98 Å². The summed E-state index contributed by atoms with van der Waals surface area (Å²) in [6.45, 7) is 4.54. The summed E-state index contributed by atoms with van der Waals surface area (Å²) in [6.07, 6.45) is 1.23.